The largest absolute Gasteiger partial charge is 0.573 e. The van der Waals surface area contributed by atoms with Crippen LogP contribution in [-0.4, -0.2) is 29.9 Å². The number of hydrogen-bond acceptors (Lipinski definition) is 3. The molecule has 2 N–H and O–H groups in total. The molecule has 1 aliphatic rings. The summed E-state index contributed by atoms with van der Waals surface area (Å²) in [6.07, 6.45) is -4.32. The minimum Gasteiger partial charge on any atom is -0.481 e. The number of hydrogen-bond donors (Lipinski definition) is 2. The lowest BCUT2D eigenvalue weighted by Crippen LogP contribution is -2.28. The number of carboxylic acids is 1. The first-order valence-corrected chi connectivity index (χ1v) is 6.62. The maximum atomic E-state index is 12.3. The van der Waals surface area contributed by atoms with Gasteiger partial charge in [-0.3, -0.25) is 9.59 Å². The van der Waals surface area contributed by atoms with Crippen molar-refractivity contribution in [3.8, 4) is 5.75 Å². The van der Waals surface area contributed by atoms with E-state index in [-0.39, 0.29) is 24.6 Å². The van der Waals surface area contributed by atoms with E-state index >= 15 is 0 Å². The number of para-hydroxylation sites is 1. The van der Waals surface area contributed by atoms with E-state index in [2.05, 4.69) is 10.1 Å². The molecule has 1 fully saturated rings. The second kappa shape index (κ2) is 6.25. The maximum Gasteiger partial charge on any atom is 0.573 e. The van der Waals surface area contributed by atoms with Crippen molar-refractivity contribution in [3.05, 3.63) is 29.8 Å². The molecule has 0 saturated heterocycles. The molecule has 1 amide bonds. The summed E-state index contributed by atoms with van der Waals surface area (Å²) in [4.78, 5) is 22.3. The summed E-state index contributed by atoms with van der Waals surface area (Å²) in [5.41, 5.74) is 0.311. The molecule has 5 nitrogen and oxygen atoms in total. The van der Waals surface area contributed by atoms with Crippen LogP contribution in [0.15, 0.2) is 24.3 Å². The topological polar surface area (TPSA) is 75.6 Å². The van der Waals surface area contributed by atoms with Crippen LogP contribution in [0, 0.1) is 11.8 Å². The van der Waals surface area contributed by atoms with Crippen molar-refractivity contribution in [2.75, 3.05) is 6.54 Å². The fourth-order valence-electron chi connectivity index (χ4n) is 2.14. The lowest BCUT2D eigenvalue weighted by atomic mass is 10.1. The summed E-state index contributed by atoms with van der Waals surface area (Å²) in [7, 11) is 0. The Labute approximate surface area is 124 Å². The molecule has 1 aromatic carbocycles. The fraction of sp³-hybridized carbons (Fsp3) is 0.429. The normalized spacial score (nSPS) is 20.3. The number of amides is 1. The van der Waals surface area contributed by atoms with Gasteiger partial charge in [-0.1, -0.05) is 18.2 Å². The van der Waals surface area contributed by atoms with Crippen LogP contribution in [0.3, 0.4) is 0 Å². The second-order valence-corrected chi connectivity index (χ2v) is 4.98. The fourth-order valence-corrected chi connectivity index (χ4v) is 2.14. The van der Waals surface area contributed by atoms with Crippen molar-refractivity contribution in [1.82, 2.24) is 5.32 Å². The average Bonchev–Trinajstić information content (AvgIpc) is 3.19. The van der Waals surface area contributed by atoms with E-state index in [1.54, 1.807) is 6.07 Å². The van der Waals surface area contributed by atoms with E-state index in [1.807, 2.05) is 0 Å². The van der Waals surface area contributed by atoms with Gasteiger partial charge in [0.25, 0.3) is 0 Å². The standard InChI is InChI=1S/C14H14F3NO4/c15-14(16,17)22-11-4-2-1-3-8(11)5-6-18-12(19)9-7-10(9)13(20)21/h1-4,9-10H,5-7H2,(H,18,19)(H,20,21). The Kier molecular flexibility index (Phi) is 4.58. The van der Waals surface area contributed by atoms with Gasteiger partial charge in [0, 0.05) is 6.54 Å². The molecular formula is C14H14F3NO4. The van der Waals surface area contributed by atoms with Crippen molar-refractivity contribution in [1.29, 1.82) is 0 Å². The van der Waals surface area contributed by atoms with Crippen molar-refractivity contribution in [3.63, 3.8) is 0 Å². The molecule has 1 aromatic rings. The Bertz CT molecular complexity index is 573. The number of alkyl halides is 3. The highest BCUT2D eigenvalue weighted by Crippen LogP contribution is 2.38. The van der Waals surface area contributed by atoms with Crippen molar-refractivity contribution in [2.45, 2.75) is 19.2 Å². The smallest absolute Gasteiger partial charge is 0.481 e. The Morgan fingerprint density at radius 3 is 2.55 bits per heavy atom. The minimum atomic E-state index is -4.78. The first-order valence-electron chi connectivity index (χ1n) is 6.62. The van der Waals surface area contributed by atoms with Gasteiger partial charge in [0.2, 0.25) is 5.91 Å². The molecule has 0 heterocycles. The zero-order chi connectivity index (χ0) is 16.3. The highest BCUT2D eigenvalue weighted by Gasteiger charge is 2.48. The molecule has 0 radical (unpaired) electrons. The Hall–Kier alpha value is -2.25. The third-order valence-corrected chi connectivity index (χ3v) is 3.34. The van der Waals surface area contributed by atoms with Gasteiger partial charge in [-0.15, -0.1) is 13.2 Å². The molecule has 1 saturated carbocycles. The van der Waals surface area contributed by atoms with Gasteiger partial charge in [0.1, 0.15) is 5.75 Å². The predicted molar refractivity (Wildman–Crippen MR) is 69.1 cm³/mol. The molecule has 1 aliphatic carbocycles. The van der Waals surface area contributed by atoms with Crippen LogP contribution in [0.4, 0.5) is 13.2 Å². The summed E-state index contributed by atoms with van der Waals surface area (Å²) < 4.78 is 40.7. The number of aliphatic carboxylic acids is 1. The van der Waals surface area contributed by atoms with E-state index < -0.39 is 24.2 Å². The van der Waals surface area contributed by atoms with Gasteiger partial charge in [-0.25, -0.2) is 0 Å². The van der Waals surface area contributed by atoms with Crippen molar-refractivity contribution >= 4 is 11.9 Å². The average molecular weight is 317 g/mol. The molecule has 2 atom stereocenters. The molecule has 0 bridgehead atoms. The van der Waals surface area contributed by atoms with Gasteiger partial charge >= 0.3 is 12.3 Å². The van der Waals surface area contributed by atoms with Crippen molar-refractivity contribution in [2.24, 2.45) is 11.8 Å². The highest BCUT2D eigenvalue weighted by atomic mass is 19.4. The van der Waals surface area contributed by atoms with Crippen LogP contribution in [-0.2, 0) is 16.0 Å². The summed E-state index contributed by atoms with van der Waals surface area (Å²) >= 11 is 0. The Morgan fingerprint density at radius 1 is 1.27 bits per heavy atom. The van der Waals surface area contributed by atoms with Crippen LogP contribution in [0.25, 0.3) is 0 Å². The monoisotopic (exact) mass is 317 g/mol. The number of carboxylic acid groups (broad SMARTS) is 1. The van der Waals surface area contributed by atoms with Crippen LogP contribution in [0.5, 0.6) is 5.75 Å². The molecule has 120 valence electrons. The van der Waals surface area contributed by atoms with Gasteiger partial charge in [-0.05, 0) is 24.5 Å². The summed E-state index contributed by atoms with van der Waals surface area (Å²) in [5.74, 6) is -2.90. The second-order valence-electron chi connectivity index (χ2n) is 4.98. The molecule has 0 aromatic heterocycles. The number of benzene rings is 1. The molecule has 8 heteroatoms. The van der Waals surface area contributed by atoms with E-state index in [0.717, 1.165) is 0 Å². The van der Waals surface area contributed by atoms with Gasteiger partial charge < -0.3 is 15.2 Å². The van der Waals surface area contributed by atoms with Crippen LogP contribution < -0.4 is 10.1 Å². The summed E-state index contributed by atoms with van der Waals surface area (Å²) in [5, 5.41) is 11.2. The lowest BCUT2D eigenvalue weighted by molar-refractivity contribution is -0.274. The number of carbonyl (C=O) groups excluding carboxylic acids is 1. The number of carbonyl (C=O) groups is 2. The van der Waals surface area contributed by atoms with E-state index in [1.165, 1.54) is 18.2 Å². The molecule has 0 aliphatic heterocycles. The number of ether oxygens (including phenoxy) is 1. The zero-order valence-corrected chi connectivity index (χ0v) is 11.4. The minimum absolute atomic E-state index is 0.111. The molecule has 2 unspecified atom stereocenters. The SMILES string of the molecule is O=C(O)C1CC1C(=O)NCCc1ccccc1OC(F)(F)F. The molecule has 0 spiro atoms. The molecular weight excluding hydrogens is 303 g/mol. The number of rotatable bonds is 6. The van der Waals surface area contributed by atoms with Crippen LogP contribution >= 0.6 is 0 Å². The predicted octanol–water partition coefficient (Wildman–Crippen LogP) is 1.96. The number of nitrogens with one attached hydrogen (secondary N) is 1. The van der Waals surface area contributed by atoms with Gasteiger partial charge in [-0.2, -0.15) is 0 Å². The third-order valence-electron chi connectivity index (χ3n) is 3.34. The van der Waals surface area contributed by atoms with Crippen molar-refractivity contribution < 1.29 is 32.6 Å². The van der Waals surface area contributed by atoms with E-state index in [0.29, 0.717) is 12.0 Å². The molecule has 2 rings (SSSR count). The Morgan fingerprint density at radius 2 is 1.95 bits per heavy atom. The molecule has 22 heavy (non-hydrogen) atoms. The Balaban J connectivity index is 1.85. The third kappa shape index (κ3) is 4.37. The summed E-state index contributed by atoms with van der Waals surface area (Å²) in [6.45, 7) is 0.111. The van der Waals surface area contributed by atoms with E-state index in [9.17, 15) is 22.8 Å². The quantitative estimate of drug-likeness (QED) is 0.841. The first-order chi connectivity index (χ1) is 10.3. The summed E-state index contributed by atoms with van der Waals surface area (Å²) in [6, 6.07) is 5.67. The zero-order valence-electron chi connectivity index (χ0n) is 11.4. The first kappa shape index (κ1) is 16.1. The lowest BCUT2D eigenvalue weighted by Gasteiger charge is -2.13. The van der Waals surface area contributed by atoms with Crippen LogP contribution in [0.1, 0.15) is 12.0 Å². The number of halogens is 3. The van der Waals surface area contributed by atoms with Gasteiger partial charge in [0.05, 0.1) is 11.8 Å². The van der Waals surface area contributed by atoms with Gasteiger partial charge in [0.15, 0.2) is 0 Å². The van der Waals surface area contributed by atoms with E-state index in [4.69, 9.17) is 5.11 Å². The van der Waals surface area contributed by atoms with Crippen LogP contribution in [0.2, 0.25) is 0 Å². The highest BCUT2D eigenvalue weighted by molar-refractivity contribution is 5.89. The maximum absolute atomic E-state index is 12.3.